The lowest BCUT2D eigenvalue weighted by atomic mass is 10.1. The van der Waals surface area contributed by atoms with Gasteiger partial charge in [-0.25, -0.2) is 9.59 Å². The van der Waals surface area contributed by atoms with Crippen molar-refractivity contribution in [1.29, 1.82) is 0 Å². The monoisotopic (exact) mass is 220 g/mol. The largest absolute Gasteiger partial charge is 0.462 e. The molecule has 2 rings (SSSR count). The van der Waals surface area contributed by atoms with Gasteiger partial charge in [0.15, 0.2) is 0 Å². The lowest BCUT2D eigenvalue weighted by molar-refractivity contribution is 0.0520. The third-order valence-electron chi connectivity index (χ3n) is 2.36. The Labute approximate surface area is 91.8 Å². The van der Waals surface area contributed by atoms with Gasteiger partial charge in [0.1, 0.15) is 11.0 Å². The van der Waals surface area contributed by atoms with Crippen LogP contribution in [0.4, 0.5) is 0 Å². The molecule has 16 heavy (non-hydrogen) atoms. The molecule has 0 spiro atoms. The Morgan fingerprint density at radius 1 is 1.44 bits per heavy atom. The van der Waals surface area contributed by atoms with Crippen molar-refractivity contribution in [3.63, 3.8) is 0 Å². The Morgan fingerprint density at radius 3 is 2.94 bits per heavy atom. The number of ether oxygens (including phenoxy) is 1. The maximum atomic E-state index is 11.5. The van der Waals surface area contributed by atoms with Crippen molar-refractivity contribution in [3.05, 3.63) is 32.7 Å². The minimum absolute atomic E-state index is 0.0350. The van der Waals surface area contributed by atoms with Gasteiger partial charge in [-0.05, 0) is 31.9 Å². The molecule has 0 N–H and O–H groups in total. The van der Waals surface area contributed by atoms with E-state index in [-0.39, 0.29) is 12.2 Å². The average molecular weight is 220 g/mol. The minimum atomic E-state index is -0.635. The maximum absolute atomic E-state index is 11.5. The van der Waals surface area contributed by atoms with Crippen LogP contribution in [0.1, 0.15) is 30.1 Å². The molecule has 0 fully saturated rings. The van der Waals surface area contributed by atoms with Crippen LogP contribution in [0.2, 0.25) is 0 Å². The van der Waals surface area contributed by atoms with Gasteiger partial charge in [-0.2, -0.15) is 0 Å². The lowest BCUT2D eigenvalue weighted by Crippen LogP contribution is -2.34. The molecule has 0 bridgehead atoms. The highest BCUT2D eigenvalue weighted by Gasteiger charge is 2.13. The van der Waals surface area contributed by atoms with E-state index in [1.165, 1.54) is 6.07 Å². The van der Waals surface area contributed by atoms with Crippen LogP contribution in [0.3, 0.4) is 0 Å². The van der Waals surface area contributed by atoms with E-state index >= 15 is 0 Å². The molecular formula is C12H12O4. The van der Waals surface area contributed by atoms with Crippen molar-refractivity contribution in [3.8, 4) is 0 Å². The second kappa shape index (κ2) is 4.35. The van der Waals surface area contributed by atoms with Crippen LogP contribution in [0.5, 0.6) is 0 Å². The highest BCUT2D eigenvalue weighted by molar-refractivity contribution is 5.88. The first-order chi connectivity index (χ1) is 7.72. The lowest BCUT2D eigenvalue weighted by Gasteiger charge is -2.02. The summed E-state index contributed by atoms with van der Waals surface area (Å²) in [4.78, 5) is 23.0. The van der Waals surface area contributed by atoms with Crippen molar-refractivity contribution in [2.45, 2.75) is 19.8 Å². The molecule has 84 valence electrons. The summed E-state index contributed by atoms with van der Waals surface area (Å²) in [5.41, 5.74) is -0.125. The number of carbonyl (C=O) groups is 1. The zero-order chi connectivity index (χ0) is 11.5. The molecule has 0 aliphatic heterocycles. The minimum Gasteiger partial charge on any atom is -0.462 e. The van der Waals surface area contributed by atoms with E-state index in [9.17, 15) is 9.59 Å². The summed E-state index contributed by atoms with van der Waals surface area (Å²) >= 11 is 0. The molecule has 4 heteroatoms. The molecule has 1 aliphatic rings. The smallest absolute Gasteiger partial charge is 0.351 e. The Balaban J connectivity index is 2.58. The zero-order valence-electron chi connectivity index (χ0n) is 8.99. The highest BCUT2D eigenvalue weighted by atomic mass is 16.5. The molecule has 4 nitrogen and oxygen atoms in total. The van der Waals surface area contributed by atoms with E-state index in [1.807, 2.05) is 12.2 Å². The summed E-state index contributed by atoms with van der Waals surface area (Å²) in [6.07, 6.45) is 5.55. The molecule has 0 saturated carbocycles. The molecular weight excluding hydrogens is 208 g/mol. The van der Waals surface area contributed by atoms with Crippen molar-refractivity contribution in [2.24, 2.45) is 0 Å². The SMILES string of the molecule is CCOC(=O)c1cc2c(oc1=O)=CCCC=2. The third-order valence-corrected chi connectivity index (χ3v) is 2.36. The predicted molar refractivity (Wildman–Crippen MR) is 58.3 cm³/mol. The van der Waals surface area contributed by atoms with E-state index in [0.717, 1.165) is 18.1 Å². The van der Waals surface area contributed by atoms with Crippen LogP contribution in [0, 0.1) is 0 Å². The van der Waals surface area contributed by atoms with Crippen LogP contribution < -0.4 is 16.3 Å². The number of rotatable bonds is 2. The van der Waals surface area contributed by atoms with E-state index < -0.39 is 11.6 Å². The van der Waals surface area contributed by atoms with Gasteiger partial charge in [-0.15, -0.1) is 0 Å². The summed E-state index contributed by atoms with van der Waals surface area (Å²) in [6, 6.07) is 1.54. The Hall–Kier alpha value is -1.84. The van der Waals surface area contributed by atoms with Gasteiger partial charge in [0, 0.05) is 5.22 Å². The maximum Gasteiger partial charge on any atom is 0.351 e. The molecule has 0 unspecified atom stereocenters. The fourth-order valence-corrected chi connectivity index (χ4v) is 1.62. The number of hydrogen-bond acceptors (Lipinski definition) is 4. The van der Waals surface area contributed by atoms with Crippen LogP contribution in [0.15, 0.2) is 15.3 Å². The van der Waals surface area contributed by atoms with Crippen molar-refractivity contribution < 1.29 is 13.9 Å². The summed E-state index contributed by atoms with van der Waals surface area (Å²) < 4.78 is 9.83. The molecule has 1 aromatic rings. The van der Waals surface area contributed by atoms with Crippen LogP contribution in [-0.2, 0) is 4.74 Å². The van der Waals surface area contributed by atoms with E-state index in [0.29, 0.717) is 5.42 Å². The van der Waals surface area contributed by atoms with Gasteiger partial charge >= 0.3 is 11.6 Å². The Bertz CT molecular complexity index is 580. The Morgan fingerprint density at radius 2 is 2.19 bits per heavy atom. The fourth-order valence-electron chi connectivity index (χ4n) is 1.62. The van der Waals surface area contributed by atoms with Gasteiger partial charge in [-0.1, -0.05) is 6.08 Å². The topological polar surface area (TPSA) is 56.5 Å². The van der Waals surface area contributed by atoms with E-state index in [4.69, 9.17) is 9.15 Å². The van der Waals surface area contributed by atoms with E-state index in [2.05, 4.69) is 0 Å². The first-order valence-electron chi connectivity index (χ1n) is 5.24. The van der Waals surface area contributed by atoms with Crippen molar-refractivity contribution in [1.82, 2.24) is 0 Å². The Kier molecular flexibility index (Phi) is 2.90. The number of esters is 1. The summed E-state index contributed by atoms with van der Waals surface area (Å²) in [6.45, 7) is 1.93. The molecule has 0 saturated heterocycles. The number of carbonyl (C=O) groups excluding carboxylic acids is 1. The van der Waals surface area contributed by atoms with Crippen LogP contribution in [-0.4, -0.2) is 12.6 Å². The standard InChI is InChI=1S/C12H12O4/c1-2-15-11(13)9-7-8-5-3-4-6-10(8)16-12(9)14/h5-7H,2-4H2,1H3. The second-order valence-corrected chi connectivity index (χ2v) is 3.47. The quantitative estimate of drug-likeness (QED) is 0.667. The van der Waals surface area contributed by atoms with Crippen LogP contribution >= 0.6 is 0 Å². The molecule has 0 radical (unpaired) electrons. The van der Waals surface area contributed by atoms with Gasteiger partial charge in [0.05, 0.1) is 6.61 Å². The predicted octanol–water partition coefficient (Wildman–Crippen LogP) is 0.171. The zero-order valence-corrected chi connectivity index (χ0v) is 8.99. The normalized spacial score (nSPS) is 13.3. The molecule has 1 heterocycles. The molecule has 0 atom stereocenters. The summed E-state index contributed by atoms with van der Waals surface area (Å²) in [5, 5.41) is 0.786. The van der Waals surface area contributed by atoms with Crippen molar-refractivity contribution >= 4 is 18.1 Å². The van der Waals surface area contributed by atoms with Gasteiger partial charge in [0.2, 0.25) is 0 Å². The molecule has 0 amide bonds. The fraction of sp³-hybridized carbons (Fsp3) is 0.333. The number of hydrogen-bond donors (Lipinski definition) is 0. The summed E-state index contributed by atoms with van der Waals surface area (Å²) in [7, 11) is 0. The van der Waals surface area contributed by atoms with Gasteiger partial charge in [-0.3, -0.25) is 0 Å². The summed E-state index contributed by atoms with van der Waals surface area (Å²) in [5.74, 6) is -0.627. The first-order valence-corrected chi connectivity index (χ1v) is 5.24. The second-order valence-electron chi connectivity index (χ2n) is 3.47. The van der Waals surface area contributed by atoms with E-state index in [1.54, 1.807) is 6.92 Å². The van der Waals surface area contributed by atoms with Gasteiger partial charge < -0.3 is 9.15 Å². The number of fused-ring (bicyclic) bond motifs is 1. The average Bonchev–Trinajstić information content (AvgIpc) is 2.28. The first kappa shape index (κ1) is 10.7. The molecule has 1 aliphatic carbocycles. The van der Waals surface area contributed by atoms with Gasteiger partial charge in [0.25, 0.3) is 0 Å². The molecule has 0 aromatic carbocycles. The van der Waals surface area contributed by atoms with Crippen molar-refractivity contribution in [2.75, 3.05) is 6.61 Å². The molecule has 1 aromatic heterocycles. The highest BCUT2D eigenvalue weighted by Crippen LogP contribution is 1.96. The third kappa shape index (κ3) is 1.91. The van der Waals surface area contributed by atoms with Crippen LogP contribution in [0.25, 0.3) is 12.2 Å².